The monoisotopic (exact) mass is 325 g/mol. The Balaban J connectivity index is 2.19. The molecule has 2 aromatic rings. The van der Waals surface area contributed by atoms with Gasteiger partial charge in [0.25, 0.3) is 5.69 Å². The molecule has 124 valence electrons. The minimum Gasteiger partial charge on any atom is -0.496 e. The molecule has 0 fully saturated rings. The summed E-state index contributed by atoms with van der Waals surface area (Å²) in [5.41, 5.74) is 2.35. The minimum absolute atomic E-state index is 0.0349. The maximum absolute atomic E-state index is 12.2. The molecule has 2 rings (SSSR count). The second-order valence-corrected chi connectivity index (χ2v) is 5.66. The van der Waals surface area contributed by atoms with Crippen LogP contribution in [0.25, 0.3) is 6.08 Å². The smallest absolute Gasteiger partial charge is 0.269 e. The van der Waals surface area contributed by atoms with Crippen molar-refractivity contribution in [1.82, 2.24) is 0 Å². The lowest BCUT2D eigenvalue weighted by atomic mass is 9.99. The first kappa shape index (κ1) is 17.4. The number of benzene rings is 2. The Morgan fingerprint density at radius 1 is 1.17 bits per heavy atom. The summed E-state index contributed by atoms with van der Waals surface area (Å²) in [6.07, 6.45) is 3.20. The second-order valence-electron chi connectivity index (χ2n) is 5.66. The highest BCUT2D eigenvalue weighted by Gasteiger charge is 2.09. The lowest BCUT2D eigenvalue weighted by molar-refractivity contribution is -0.384. The maximum atomic E-state index is 12.2. The van der Waals surface area contributed by atoms with Gasteiger partial charge >= 0.3 is 0 Å². The van der Waals surface area contributed by atoms with Crippen LogP contribution < -0.4 is 4.74 Å². The third kappa shape index (κ3) is 4.07. The van der Waals surface area contributed by atoms with Gasteiger partial charge in [0.2, 0.25) is 0 Å². The van der Waals surface area contributed by atoms with Crippen LogP contribution in [0.5, 0.6) is 5.75 Å². The average molecular weight is 325 g/mol. The predicted molar refractivity (Wildman–Crippen MR) is 93.5 cm³/mol. The number of ether oxygens (including phenoxy) is 1. The molecule has 0 aromatic heterocycles. The summed E-state index contributed by atoms with van der Waals surface area (Å²) in [5.74, 6) is 0.925. The Kier molecular flexibility index (Phi) is 5.47. The van der Waals surface area contributed by atoms with E-state index in [1.807, 2.05) is 18.2 Å². The SMILES string of the molecule is COc1ccc(/C=C/C(=O)c2ccc([N+](=O)[O-])cc2)cc1C(C)C. The number of allylic oxidation sites excluding steroid dienone is 1. The van der Waals surface area contributed by atoms with E-state index in [-0.39, 0.29) is 11.5 Å². The highest BCUT2D eigenvalue weighted by molar-refractivity contribution is 6.06. The summed E-state index contributed by atoms with van der Waals surface area (Å²) in [7, 11) is 1.63. The van der Waals surface area contributed by atoms with Crippen molar-refractivity contribution < 1.29 is 14.5 Å². The number of nitro benzene ring substituents is 1. The number of methoxy groups -OCH3 is 1. The van der Waals surface area contributed by atoms with Crippen molar-refractivity contribution in [2.24, 2.45) is 0 Å². The third-order valence-corrected chi connectivity index (χ3v) is 3.67. The van der Waals surface area contributed by atoms with Gasteiger partial charge in [-0.1, -0.05) is 26.0 Å². The van der Waals surface area contributed by atoms with Crippen molar-refractivity contribution in [2.45, 2.75) is 19.8 Å². The molecule has 0 bridgehead atoms. The van der Waals surface area contributed by atoms with Gasteiger partial charge in [0, 0.05) is 17.7 Å². The molecule has 0 saturated heterocycles. The van der Waals surface area contributed by atoms with E-state index < -0.39 is 4.92 Å². The van der Waals surface area contributed by atoms with Gasteiger partial charge in [0.05, 0.1) is 12.0 Å². The predicted octanol–water partition coefficient (Wildman–Crippen LogP) is 4.62. The Morgan fingerprint density at radius 3 is 2.38 bits per heavy atom. The third-order valence-electron chi connectivity index (χ3n) is 3.67. The van der Waals surface area contributed by atoms with Crippen LogP contribution in [0.3, 0.4) is 0 Å². The Labute approximate surface area is 140 Å². The van der Waals surface area contributed by atoms with Crippen molar-refractivity contribution in [3.05, 3.63) is 75.3 Å². The molecule has 0 heterocycles. The van der Waals surface area contributed by atoms with Gasteiger partial charge in [-0.2, -0.15) is 0 Å². The summed E-state index contributed by atoms with van der Waals surface area (Å²) >= 11 is 0. The Morgan fingerprint density at radius 2 is 1.83 bits per heavy atom. The molecule has 0 amide bonds. The number of nitrogens with zero attached hydrogens (tertiary/aromatic N) is 1. The topological polar surface area (TPSA) is 69.4 Å². The lowest BCUT2D eigenvalue weighted by Crippen LogP contribution is -1.96. The molecule has 5 heteroatoms. The standard InChI is InChI=1S/C19H19NO4/c1-13(2)17-12-14(5-11-19(17)24-3)4-10-18(21)15-6-8-16(9-7-15)20(22)23/h4-13H,1-3H3/b10-4+. The largest absolute Gasteiger partial charge is 0.496 e. The van der Waals surface area contributed by atoms with Gasteiger partial charge < -0.3 is 4.74 Å². The van der Waals surface area contributed by atoms with E-state index in [9.17, 15) is 14.9 Å². The van der Waals surface area contributed by atoms with Gasteiger partial charge in [0.15, 0.2) is 5.78 Å². The van der Waals surface area contributed by atoms with Crippen molar-refractivity contribution in [3.8, 4) is 5.75 Å². The van der Waals surface area contributed by atoms with Gasteiger partial charge in [-0.15, -0.1) is 0 Å². The molecule has 24 heavy (non-hydrogen) atoms. The zero-order chi connectivity index (χ0) is 17.7. The van der Waals surface area contributed by atoms with Crippen LogP contribution in [0.15, 0.2) is 48.5 Å². The average Bonchev–Trinajstić information content (AvgIpc) is 2.59. The Bertz CT molecular complexity index is 776. The second kappa shape index (κ2) is 7.55. The molecule has 0 spiro atoms. The van der Waals surface area contributed by atoms with Crippen molar-refractivity contribution in [2.75, 3.05) is 7.11 Å². The quantitative estimate of drug-likeness (QED) is 0.336. The fourth-order valence-corrected chi connectivity index (χ4v) is 2.32. The van der Waals surface area contributed by atoms with Crippen molar-refractivity contribution >= 4 is 17.5 Å². The molecule has 0 aliphatic heterocycles. The van der Waals surface area contributed by atoms with Gasteiger partial charge in [0.1, 0.15) is 5.75 Å². The highest BCUT2D eigenvalue weighted by atomic mass is 16.6. The van der Waals surface area contributed by atoms with E-state index in [2.05, 4.69) is 13.8 Å². The number of nitro groups is 1. The van der Waals surface area contributed by atoms with Crippen LogP contribution in [-0.2, 0) is 0 Å². The summed E-state index contributed by atoms with van der Waals surface area (Å²) in [6, 6.07) is 11.3. The summed E-state index contributed by atoms with van der Waals surface area (Å²) in [4.78, 5) is 22.3. The molecule has 0 unspecified atom stereocenters. The number of ketones is 1. The molecular weight excluding hydrogens is 306 g/mol. The molecule has 5 nitrogen and oxygen atoms in total. The first-order valence-electron chi connectivity index (χ1n) is 7.57. The molecule has 2 aromatic carbocycles. The summed E-state index contributed by atoms with van der Waals surface area (Å²) in [5, 5.41) is 10.6. The van der Waals surface area contributed by atoms with Crippen LogP contribution in [0, 0.1) is 10.1 Å². The number of non-ortho nitro benzene ring substituents is 1. The first-order valence-corrected chi connectivity index (χ1v) is 7.57. The van der Waals surface area contributed by atoms with Crippen LogP contribution in [0.4, 0.5) is 5.69 Å². The van der Waals surface area contributed by atoms with Crippen LogP contribution in [0.1, 0.15) is 41.3 Å². The number of rotatable bonds is 6. The molecular formula is C19H19NO4. The number of carbonyl (C=O) groups is 1. The fraction of sp³-hybridized carbons (Fsp3) is 0.211. The molecule has 0 atom stereocenters. The van der Waals surface area contributed by atoms with Gasteiger partial charge in [-0.3, -0.25) is 14.9 Å². The van der Waals surface area contributed by atoms with Crippen LogP contribution in [-0.4, -0.2) is 17.8 Å². The zero-order valence-corrected chi connectivity index (χ0v) is 13.9. The first-order chi connectivity index (χ1) is 11.4. The molecule has 0 radical (unpaired) electrons. The molecule has 0 aliphatic carbocycles. The van der Waals surface area contributed by atoms with Gasteiger partial charge in [-0.05, 0) is 47.4 Å². The fourth-order valence-electron chi connectivity index (χ4n) is 2.32. The van der Waals surface area contributed by atoms with E-state index in [0.717, 1.165) is 16.9 Å². The zero-order valence-electron chi connectivity index (χ0n) is 13.9. The maximum Gasteiger partial charge on any atom is 0.269 e. The van der Waals surface area contributed by atoms with Crippen molar-refractivity contribution in [1.29, 1.82) is 0 Å². The molecule has 0 aliphatic rings. The van der Waals surface area contributed by atoms with Crippen LogP contribution in [0.2, 0.25) is 0 Å². The summed E-state index contributed by atoms with van der Waals surface area (Å²) in [6.45, 7) is 4.15. The normalized spacial score (nSPS) is 11.0. The molecule has 0 saturated carbocycles. The van der Waals surface area contributed by atoms with E-state index in [1.165, 1.54) is 30.3 Å². The number of hydrogen-bond acceptors (Lipinski definition) is 4. The Hall–Kier alpha value is -2.95. The minimum atomic E-state index is -0.491. The highest BCUT2D eigenvalue weighted by Crippen LogP contribution is 2.27. The summed E-state index contributed by atoms with van der Waals surface area (Å²) < 4.78 is 5.34. The number of carbonyl (C=O) groups excluding carboxylic acids is 1. The van der Waals surface area contributed by atoms with Crippen molar-refractivity contribution in [3.63, 3.8) is 0 Å². The van der Waals surface area contributed by atoms with E-state index in [4.69, 9.17) is 4.74 Å². The van der Waals surface area contributed by atoms with E-state index in [1.54, 1.807) is 13.2 Å². The van der Waals surface area contributed by atoms with Crippen LogP contribution >= 0.6 is 0 Å². The lowest BCUT2D eigenvalue weighted by Gasteiger charge is -2.12. The van der Waals surface area contributed by atoms with E-state index >= 15 is 0 Å². The van der Waals surface area contributed by atoms with E-state index in [0.29, 0.717) is 11.5 Å². The molecule has 0 N–H and O–H groups in total. The number of hydrogen-bond donors (Lipinski definition) is 0. The van der Waals surface area contributed by atoms with Gasteiger partial charge in [-0.25, -0.2) is 0 Å².